The number of esters is 1. The quantitative estimate of drug-likeness (QED) is 0.674. The van der Waals surface area contributed by atoms with Crippen LogP contribution >= 0.6 is 11.3 Å². The largest absolute Gasteiger partial charge is 0.494 e. The van der Waals surface area contributed by atoms with Crippen LogP contribution in [0.2, 0.25) is 0 Å². The highest BCUT2D eigenvalue weighted by atomic mass is 32.1. The molecule has 0 saturated carbocycles. The minimum atomic E-state index is -0.401. The van der Waals surface area contributed by atoms with Crippen LogP contribution in [-0.2, 0) is 11.3 Å². The molecule has 0 atom stereocenters. The Morgan fingerprint density at radius 2 is 2.21 bits per heavy atom. The molecule has 0 saturated heterocycles. The summed E-state index contributed by atoms with van der Waals surface area (Å²) in [5, 5.41) is 1.94. The fraction of sp³-hybridized carbons (Fsp3) is 0.214. The molecule has 19 heavy (non-hydrogen) atoms. The Hall–Kier alpha value is -2.01. The number of carbonyl (C=O) groups excluding carboxylic acids is 1. The van der Waals surface area contributed by atoms with Crippen LogP contribution in [0.3, 0.4) is 0 Å². The average molecular weight is 277 g/mol. The van der Waals surface area contributed by atoms with Gasteiger partial charge in [0.1, 0.15) is 12.4 Å². The van der Waals surface area contributed by atoms with Crippen LogP contribution in [0.25, 0.3) is 0 Å². The SMILES string of the molecule is CCOc1cc(N)cc(C(=O)OCc2cccs2)c1. The lowest BCUT2D eigenvalue weighted by molar-refractivity contribution is 0.0476. The number of anilines is 1. The second kappa shape index (κ2) is 6.24. The first kappa shape index (κ1) is 13.4. The average Bonchev–Trinajstić information content (AvgIpc) is 2.88. The summed E-state index contributed by atoms with van der Waals surface area (Å²) in [5.74, 6) is 0.173. The summed E-state index contributed by atoms with van der Waals surface area (Å²) in [6, 6.07) is 8.74. The Balaban J connectivity index is 2.05. The summed E-state index contributed by atoms with van der Waals surface area (Å²) in [5.41, 5.74) is 6.62. The maximum absolute atomic E-state index is 11.9. The van der Waals surface area contributed by atoms with Gasteiger partial charge in [-0.05, 0) is 30.5 Å². The lowest BCUT2D eigenvalue weighted by Gasteiger charge is -2.08. The lowest BCUT2D eigenvalue weighted by Crippen LogP contribution is -2.06. The number of ether oxygens (including phenoxy) is 2. The molecule has 0 aliphatic heterocycles. The van der Waals surface area contributed by atoms with Crippen LogP contribution in [0.4, 0.5) is 5.69 Å². The van der Waals surface area contributed by atoms with Crippen molar-refractivity contribution in [3.8, 4) is 5.75 Å². The van der Waals surface area contributed by atoms with Crippen LogP contribution in [-0.4, -0.2) is 12.6 Å². The lowest BCUT2D eigenvalue weighted by atomic mass is 10.2. The molecular formula is C14H15NO3S. The van der Waals surface area contributed by atoms with E-state index in [1.54, 1.807) is 29.5 Å². The Kier molecular flexibility index (Phi) is 4.41. The van der Waals surface area contributed by atoms with Crippen molar-refractivity contribution in [2.24, 2.45) is 0 Å². The molecule has 1 aromatic carbocycles. The Morgan fingerprint density at radius 1 is 1.37 bits per heavy atom. The van der Waals surface area contributed by atoms with Gasteiger partial charge in [0.2, 0.25) is 0 Å². The van der Waals surface area contributed by atoms with Gasteiger partial charge in [0.15, 0.2) is 0 Å². The topological polar surface area (TPSA) is 61.5 Å². The Labute approximate surface area is 115 Å². The van der Waals surface area contributed by atoms with E-state index in [2.05, 4.69) is 0 Å². The van der Waals surface area contributed by atoms with E-state index in [4.69, 9.17) is 15.2 Å². The van der Waals surface area contributed by atoms with Crippen LogP contribution in [0, 0.1) is 0 Å². The molecule has 0 aliphatic carbocycles. The summed E-state index contributed by atoms with van der Waals surface area (Å²) < 4.78 is 10.6. The highest BCUT2D eigenvalue weighted by Crippen LogP contribution is 2.20. The zero-order valence-corrected chi connectivity index (χ0v) is 11.4. The number of nitrogens with two attached hydrogens (primary N) is 1. The highest BCUT2D eigenvalue weighted by molar-refractivity contribution is 7.09. The van der Waals surface area contributed by atoms with Gasteiger partial charge in [0.25, 0.3) is 0 Å². The normalized spacial score (nSPS) is 10.2. The van der Waals surface area contributed by atoms with E-state index < -0.39 is 5.97 Å². The maximum atomic E-state index is 11.9. The van der Waals surface area contributed by atoms with Gasteiger partial charge in [-0.1, -0.05) is 6.07 Å². The predicted molar refractivity (Wildman–Crippen MR) is 75.5 cm³/mol. The molecule has 0 unspecified atom stereocenters. The molecule has 1 heterocycles. The van der Waals surface area contributed by atoms with Crippen LogP contribution in [0.5, 0.6) is 5.75 Å². The fourth-order valence-electron chi connectivity index (χ4n) is 1.60. The van der Waals surface area contributed by atoms with Crippen LogP contribution < -0.4 is 10.5 Å². The van der Waals surface area contributed by atoms with Gasteiger partial charge >= 0.3 is 5.97 Å². The molecule has 100 valence electrons. The van der Waals surface area contributed by atoms with E-state index >= 15 is 0 Å². The van der Waals surface area contributed by atoms with Gasteiger partial charge in [-0.25, -0.2) is 4.79 Å². The number of nitrogen functional groups attached to an aromatic ring is 1. The number of benzene rings is 1. The van der Waals surface area contributed by atoms with E-state index in [9.17, 15) is 4.79 Å². The number of hydrogen-bond acceptors (Lipinski definition) is 5. The van der Waals surface area contributed by atoms with Crippen LogP contribution in [0.15, 0.2) is 35.7 Å². The molecule has 0 aliphatic rings. The van der Waals surface area contributed by atoms with Crippen LogP contribution in [0.1, 0.15) is 22.2 Å². The van der Waals surface area contributed by atoms with Crippen molar-refractivity contribution < 1.29 is 14.3 Å². The number of thiophene rings is 1. The molecule has 0 radical (unpaired) electrons. The van der Waals surface area contributed by atoms with Gasteiger partial charge in [-0.3, -0.25) is 0 Å². The van der Waals surface area contributed by atoms with Crippen molar-refractivity contribution in [1.29, 1.82) is 0 Å². The Bertz CT molecular complexity index is 552. The first-order valence-electron chi connectivity index (χ1n) is 5.92. The van der Waals surface area contributed by atoms with Crippen molar-refractivity contribution >= 4 is 23.0 Å². The first-order valence-corrected chi connectivity index (χ1v) is 6.80. The standard InChI is InChI=1S/C14H15NO3S/c1-2-17-12-7-10(6-11(15)8-12)14(16)18-9-13-4-3-5-19-13/h3-8H,2,9,15H2,1H3. The molecule has 2 rings (SSSR count). The Morgan fingerprint density at radius 3 is 2.89 bits per heavy atom. The maximum Gasteiger partial charge on any atom is 0.338 e. The summed E-state index contributed by atoms with van der Waals surface area (Å²) in [4.78, 5) is 12.9. The zero-order chi connectivity index (χ0) is 13.7. The summed E-state index contributed by atoms with van der Waals surface area (Å²) in [6.45, 7) is 2.67. The van der Waals surface area contributed by atoms with Gasteiger partial charge in [-0.2, -0.15) is 0 Å². The predicted octanol–water partition coefficient (Wildman–Crippen LogP) is 3.09. The minimum absolute atomic E-state index is 0.273. The van der Waals surface area contributed by atoms with E-state index in [0.29, 0.717) is 23.6 Å². The van der Waals surface area contributed by atoms with E-state index in [1.807, 2.05) is 24.4 Å². The van der Waals surface area contributed by atoms with Gasteiger partial charge in [-0.15, -0.1) is 11.3 Å². The molecule has 0 fully saturated rings. The van der Waals surface area contributed by atoms with Gasteiger partial charge in [0.05, 0.1) is 12.2 Å². The minimum Gasteiger partial charge on any atom is -0.494 e. The molecule has 0 bridgehead atoms. The molecule has 1 aromatic heterocycles. The van der Waals surface area contributed by atoms with Gasteiger partial charge in [0, 0.05) is 16.6 Å². The highest BCUT2D eigenvalue weighted by Gasteiger charge is 2.10. The van der Waals surface area contributed by atoms with E-state index in [0.717, 1.165) is 4.88 Å². The molecule has 4 nitrogen and oxygen atoms in total. The van der Waals surface area contributed by atoms with Gasteiger partial charge < -0.3 is 15.2 Å². The number of rotatable bonds is 5. The third-order valence-corrected chi connectivity index (χ3v) is 3.25. The van der Waals surface area contributed by atoms with Crippen molar-refractivity contribution in [2.75, 3.05) is 12.3 Å². The monoisotopic (exact) mass is 277 g/mol. The fourth-order valence-corrected chi connectivity index (χ4v) is 2.22. The zero-order valence-electron chi connectivity index (χ0n) is 10.6. The van der Waals surface area contributed by atoms with Crippen molar-refractivity contribution in [2.45, 2.75) is 13.5 Å². The summed E-state index contributed by atoms with van der Waals surface area (Å²) in [7, 11) is 0. The van der Waals surface area contributed by atoms with E-state index in [-0.39, 0.29) is 6.61 Å². The van der Waals surface area contributed by atoms with Crippen molar-refractivity contribution in [3.05, 3.63) is 46.2 Å². The van der Waals surface area contributed by atoms with Crippen molar-refractivity contribution in [1.82, 2.24) is 0 Å². The third kappa shape index (κ3) is 3.72. The molecule has 5 heteroatoms. The third-order valence-electron chi connectivity index (χ3n) is 2.40. The van der Waals surface area contributed by atoms with E-state index in [1.165, 1.54) is 0 Å². The smallest absolute Gasteiger partial charge is 0.338 e. The summed E-state index contributed by atoms with van der Waals surface area (Å²) in [6.07, 6.45) is 0. The summed E-state index contributed by atoms with van der Waals surface area (Å²) >= 11 is 1.55. The molecule has 0 spiro atoms. The number of hydrogen-bond donors (Lipinski definition) is 1. The molecule has 2 N–H and O–H groups in total. The molecule has 2 aromatic rings. The second-order valence-electron chi connectivity index (χ2n) is 3.88. The number of carbonyl (C=O) groups is 1. The molecule has 0 amide bonds. The van der Waals surface area contributed by atoms with Crippen molar-refractivity contribution in [3.63, 3.8) is 0 Å². The second-order valence-corrected chi connectivity index (χ2v) is 4.91. The first-order chi connectivity index (χ1) is 9.19. The molecular weight excluding hydrogens is 262 g/mol.